The SMILES string of the molecule is C=C(CCNC(C)C)C(C)C. The summed E-state index contributed by atoms with van der Waals surface area (Å²) in [5.41, 5.74) is 1.35. The van der Waals surface area contributed by atoms with Gasteiger partial charge in [-0.15, -0.1) is 0 Å². The van der Waals surface area contributed by atoms with Crippen LogP contribution in [0.1, 0.15) is 34.1 Å². The van der Waals surface area contributed by atoms with E-state index in [0.717, 1.165) is 13.0 Å². The maximum atomic E-state index is 4.01. The Morgan fingerprint density at radius 3 is 2.18 bits per heavy atom. The van der Waals surface area contributed by atoms with Gasteiger partial charge in [-0.1, -0.05) is 39.8 Å². The lowest BCUT2D eigenvalue weighted by Crippen LogP contribution is -2.24. The fourth-order valence-corrected chi connectivity index (χ4v) is 0.810. The third kappa shape index (κ3) is 6.11. The summed E-state index contributed by atoms with van der Waals surface area (Å²) in [6.45, 7) is 13.8. The Kier molecular flexibility index (Phi) is 5.22. The first kappa shape index (κ1) is 10.7. The van der Waals surface area contributed by atoms with Gasteiger partial charge in [0, 0.05) is 6.04 Å². The van der Waals surface area contributed by atoms with Gasteiger partial charge in [0.25, 0.3) is 0 Å². The van der Waals surface area contributed by atoms with Gasteiger partial charge in [0.05, 0.1) is 0 Å². The van der Waals surface area contributed by atoms with Crippen LogP contribution in [0.15, 0.2) is 12.2 Å². The molecule has 0 aliphatic carbocycles. The Hall–Kier alpha value is -0.300. The molecule has 0 aromatic carbocycles. The van der Waals surface area contributed by atoms with Crippen molar-refractivity contribution in [3.63, 3.8) is 0 Å². The van der Waals surface area contributed by atoms with Crippen LogP contribution in [0.4, 0.5) is 0 Å². The van der Waals surface area contributed by atoms with Crippen molar-refractivity contribution in [3.8, 4) is 0 Å². The maximum Gasteiger partial charge on any atom is 0.00105 e. The van der Waals surface area contributed by atoms with Gasteiger partial charge in [0.15, 0.2) is 0 Å². The molecule has 0 heterocycles. The monoisotopic (exact) mass is 155 g/mol. The second kappa shape index (κ2) is 5.36. The molecule has 1 heteroatoms. The molecule has 11 heavy (non-hydrogen) atoms. The van der Waals surface area contributed by atoms with Crippen molar-refractivity contribution in [1.82, 2.24) is 5.32 Å². The van der Waals surface area contributed by atoms with Crippen molar-refractivity contribution in [2.45, 2.75) is 40.2 Å². The Morgan fingerprint density at radius 2 is 1.82 bits per heavy atom. The summed E-state index contributed by atoms with van der Waals surface area (Å²) in [5, 5.41) is 3.37. The number of rotatable bonds is 5. The fraction of sp³-hybridized carbons (Fsp3) is 0.800. The lowest BCUT2D eigenvalue weighted by atomic mass is 10.0. The molecule has 0 saturated carbocycles. The quantitative estimate of drug-likeness (QED) is 0.602. The largest absolute Gasteiger partial charge is 0.314 e. The summed E-state index contributed by atoms with van der Waals surface area (Å²) in [5.74, 6) is 0.629. The maximum absolute atomic E-state index is 4.01. The summed E-state index contributed by atoms with van der Waals surface area (Å²) in [4.78, 5) is 0. The summed E-state index contributed by atoms with van der Waals surface area (Å²) >= 11 is 0. The van der Waals surface area contributed by atoms with Crippen LogP contribution in [0.25, 0.3) is 0 Å². The first-order valence-electron chi connectivity index (χ1n) is 4.45. The Labute approximate surface area is 70.9 Å². The standard InChI is InChI=1S/C10H21N/c1-8(2)10(5)6-7-11-9(3)4/h8-9,11H,5-7H2,1-4H3. The van der Waals surface area contributed by atoms with Crippen LogP contribution >= 0.6 is 0 Å². The summed E-state index contributed by atoms with van der Waals surface area (Å²) < 4.78 is 0. The highest BCUT2D eigenvalue weighted by Gasteiger charge is 1.99. The minimum absolute atomic E-state index is 0.593. The van der Waals surface area contributed by atoms with E-state index in [1.54, 1.807) is 0 Å². The second-order valence-electron chi connectivity index (χ2n) is 3.67. The Balaban J connectivity index is 3.32. The van der Waals surface area contributed by atoms with E-state index in [0.29, 0.717) is 12.0 Å². The normalized spacial score (nSPS) is 11.1. The number of nitrogens with one attached hydrogen (secondary N) is 1. The molecule has 0 spiro atoms. The highest BCUT2D eigenvalue weighted by Crippen LogP contribution is 2.09. The Morgan fingerprint density at radius 1 is 1.27 bits per heavy atom. The molecule has 1 N–H and O–H groups in total. The lowest BCUT2D eigenvalue weighted by molar-refractivity contribution is 0.573. The van der Waals surface area contributed by atoms with Crippen LogP contribution in [0.2, 0.25) is 0 Å². The molecule has 0 amide bonds. The third-order valence-electron chi connectivity index (χ3n) is 1.82. The van der Waals surface area contributed by atoms with Gasteiger partial charge in [-0.2, -0.15) is 0 Å². The zero-order chi connectivity index (χ0) is 8.85. The van der Waals surface area contributed by atoms with Gasteiger partial charge in [0.2, 0.25) is 0 Å². The van der Waals surface area contributed by atoms with Gasteiger partial charge < -0.3 is 5.32 Å². The van der Waals surface area contributed by atoms with Gasteiger partial charge in [-0.05, 0) is 18.9 Å². The molecule has 0 aliphatic rings. The van der Waals surface area contributed by atoms with Gasteiger partial charge >= 0.3 is 0 Å². The second-order valence-corrected chi connectivity index (χ2v) is 3.67. The highest BCUT2D eigenvalue weighted by atomic mass is 14.9. The molecule has 0 radical (unpaired) electrons. The predicted molar refractivity (Wildman–Crippen MR) is 51.7 cm³/mol. The van der Waals surface area contributed by atoms with Crippen molar-refractivity contribution in [2.24, 2.45) is 5.92 Å². The van der Waals surface area contributed by atoms with Crippen LogP contribution in [0, 0.1) is 5.92 Å². The number of hydrogen-bond donors (Lipinski definition) is 1. The van der Waals surface area contributed by atoms with Crippen molar-refractivity contribution in [2.75, 3.05) is 6.54 Å². The molecule has 0 aromatic heterocycles. The van der Waals surface area contributed by atoms with E-state index in [-0.39, 0.29) is 0 Å². The average molecular weight is 155 g/mol. The molecule has 0 saturated heterocycles. The van der Waals surface area contributed by atoms with Crippen LogP contribution in [-0.4, -0.2) is 12.6 Å². The van der Waals surface area contributed by atoms with Gasteiger partial charge in [-0.25, -0.2) is 0 Å². The van der Waals surface area contributed by atoms with E-state index in [4.69, 9.17) is 0 Å². The van der Waals surface area contributed by atoms with Crippen molar-refractivity contribution >= 4 is 0 Å². The summed E-state index contributed by atoms with van der Waals surface area (Å²) in [6.07, 6.45) is 1.11. The fourth-order valence-electron chi connectivity index (χ4n) is 0.810. The van der Waals surface area contributed by atoms with Crippen molar-refractivity contribution in [1.29, 1.82) is 0 Å². The minimum atomic E-state index is 0.593. The molecule has 66 valence electrons. The van der Waals surface area contributed by atoms with Crippen LogP contribution in [-0.2, 0) is 0 Å². The zero-order valence-corrected chi connectivity index (χ0v) is 8.28. The van der Waals surface area contributed by atoms with E-state index in [2.05, 4.69) is 39.6 Å². The van der Waals surface area contributed by atoms with E-state index in [1.807, 2.05) is 0 Å². The average Bonchev–Trinajstić information content (AvgIpc) is 1.86. The number of hydrogen-bond acceptors (Lipinski definition) is 1. The summed E-state index contributed by atoms with van der Waals surface area (Å²) in [6, 6.07) is 0.593. The van der Waals surface area contributed by atoms with Crippen LogP contribution in [0.5, 0.6) is 0 Å². The Bertz CT molecular complexity index is 114. The third-order valence-corrected chi connectivity index (χ3v) is 1.82. The molecule has 0 unspecified atom stereocenters. The van der Waals surface area contributed by atoms with Crippen LogP contribution in [0.3, 0.4) is 0 Å². The molecule has 0 atom stereocenters. The zero-order valence-electron chi connectivity index (χ0n) is 8.28. The molecular formula is C10H21N. The highest BCUT2D eigenvalue weighted by molar-refractivity contribution is 4.97. The molecule has 0 rings (SSSR count). The van der Waals surface area contributed by atoms with E-state index >= 15 is 0 Å². The molecular weight excluding hydrogens is 134 g/mol. The molecule has 0 aliphatic heterocycles. The smallest absolute Gasteiger partial charge is 0.00105 e. The minimum Gasteiger partial charge on any atom is -0.314 e. The van der Waals surface area contributed by atoms with E-state index in [9.17, 15) is 0 Å². The first-order valence-corrected chi connectivity index (χ1v) is 4.45. The van der Waals surface area contributed by atoms with E-state index in [1.165, 1.54) is 5.57 Å². The summed E-state index contributed by atoms with van der Waals surface area (Å²) in [7, 11) is 0. The van der Waals surface area contributed by atoms with Crippen LogP contribution < -0.4 is 5.32 Å². The van der Waals surface area contributed by atoms with Crippen molar-refractivity contribution in [3.05, 3.63) is 12.2 Å². The molecule has 0 aromatic rings. The molecule has 0 fully saturated rings. The molecule has 0 bridgehead atoms. The van der Waals surface area contributed by atoms with E-state index < -0.39 is 0 Å². The molecule has 1 nitrogen and oxygen atoms in total. The van der Waals surface area contributed by atoms with Gasteiger partial charge in [0.1, 0.15) is 0 Å². The lowest BCUT2D eigenvalue weighted by Gasteiger charge is -2.11. The first-order chi connectivity index (χ1) is 5.04. The predicted octanol–water partition coefficient (Wildman–Crippen LogP) is 2.59. The van der Waals surface area contributed by atoms with Gasteiger partial charge in [-0.3, -0.25) is 0 Å². The topological polar surface area (TPSA) is 12.0 Å². The van der Waals surface area contributed by atoms with Crippen molar-refractivity contribution < 1.29 is 0 Å².